The number of hydrogen-bond acceptors (Lipinski definition) is 3. The summed E-state index contributed by atoms with van der Waals surface area (Å²) in [7, 11) is 2.16. The van der Waals surface area contributed by atoms with E-state index in [0.717, 1.165) is 37.8 Å². The molecule has 1 aliphatic heterocycles. The standard InChI is InChI=1S/C19H30N4O/c1-15-7-3-4-8-16(15)20-19(23-13-11-22(2)12-14-23)21-17-9-5-6-10-18(17)24/h5-6,9-10,15-16,24H,3-4,7-8,11-14H2,1-2H3,(H,20,21). The van der Waals surface area contributed by atoms with Gasteiger partial charge in [-0.25, -0.2) is 4.99 Å². The van der Waals surface area contributed by atoms with Crippen LogP contribution in [0.3, 0.4) is 0 Å². The normalized spacial score (nSPS) is 26.4. The van der Waals surface area contributed by atoms with Gasteiger partial charge < -0.3 is 20.2 Å². The second kappa shape index (κ2) is 7.88. The number of rotatable bonds is 2. The minimum atomic E-state index is 0.274. The molecule has 0 radical (unpaired) electrons. The van der Waals surface area contributed by atoms with Gasteiger partial charge >= 0.3 is 0 Å². The molecular weight excluding hydrogens is 300 g/mol. The highest BCUT2D eigenvalue weighted by Crippen LogP contribution is 2.28. The molecule has 1 aromatic rings. The van der Waals surface area contributed by atoms with Crippen LogP contribution in [0.5, 0.6) is 5.75 Å². The van der Waals surface area contributed by atoms with Crippen molar-refractivity contribution in [1.29, 1.82) is 0 Å². The Morgan fingerprint density at radius 3 is 2.54 bits per heavy atom. The summed E-state index contributed by atoms with van der Waals surface area (Å²) in [5.41, 5.74) is 0.735. The van der Waals surface area contributed by atoms with Gasteiger partial charge in [-0.1, -0.05) is 31.9 Å². The topological polar surface area (TPSA) is 51.1 Å². The van der Waals surface area contributed by atoms with E-state index in [1.54, 1.807) is 6.07 Å². The van der Waals surface area contributed by atoms with Crippen molar-refractivity contribution in [2.24, 2.45) is 10.9 Å². The number of piperazine rings is 1. The molecule has 0 spiro atoms. The molecule has 1 saturated carbocycles. The summed E-state index contributed by atoms with van der Waals surface area (Å²) in [6.07, 6.45) is 5.02. The number of nitrogens with one attached hydrogen (secondary N) is 1. The number of para-hydroxylation sites is 2. The molecule has 3 rings (SSSR count). The predicted octanol–water partition coefficient (Wildman–Crippen LogP) is 2.99. The quantitative estimate of drug-likeness (QED) is 0.497. The Bertz CT molecular complexity index is 566. The predicted molar refractivity (Wildman–Crippen MR) is 99.7 cm³/mol. The Morgan fingerprint density at radius 1 is 1.12 bits per heavy atom. The number of anilines is 1. The number of nitrogens with zero attached hydrogens (tertiary/aromatic N) is 3. The van der Waals surface area contributed by atoms with Crippen LogP contribution in [0.2, 0.25) is 0 Å². The van der Waals surface area contributed by atoms with Crippen molar-refractivity contribution >= 4 is 11.6 Å². The molecule has 2 N–H and O–H groups in total. The lowest BCUT2D eigenvalue weighted by molar-refractivity contribution is 0.213. The largest absolute Gasteiger partial charge is 0.506 e. The third-order valence-corrected chi connectivity index (χ3v) is 5.31. The monoisotopic (exact) mass is 330 g/mol. The number of hydrogen-bond donors (Lipinski definition) is 2. The number of likely N-dealkylation sites (N-methyl/N-ethyl adjacent to an activating group) is 1. The van der Waals surface area contributed by atoms with E-state index in [1.807, 2.05) is 18.2 Å². The molecule has 2 atom stereocenters. The molecule has 0 bridgehead atoms. The SMILES string of the molecule is CC1CCCCC1N=C(Nc1ccccc1O)N1CCN(C)CC1. The fourth-order valence-electron chi connectivity index (χ4n) is 3.56. The third-order valence-electron chi connectivity index (χ3n) is 5.31. The molecule has 132 valence electrons. The molecule has 2 aliphatic rings. The van der Waals surface area contributed by atoms with Gasteiger partial charge in [-0.15, -0.1) is 0 Å². The van der Waals surface area contributed by atoms with Gasteiger partial charge in [0.15, 0.2) is 5.96 Å². The zero-order chi connectivity index (χ0) is 16.9. The Morgan fingerprint density at radius 2 is 1.83 bits per heavy atom. The van der Waals surface area contributed by atoms with Crippen LogP contribution in [0.4, 0.5) is 5.69 Å². The van der Waals surface area contributed by atoms with E-state index in [-0.39, 0.29) is 5.75 Å². The van der Waals surface area contributed by atoms with Crippen molar-refractivity contribution in [2.75, 3.05) is 38.5 Å². The molecule has 2 unspecified atom stereocenters. The summed E-state index contributed by atoms with van der Waals surface area (Å²) < 4.78 is 0. The first-order valence-corrected chi connectivity index (χ1v) is 9.20. The number of phenolic OH excluding ortho intramolecular Hbond substituents is 1. The van der Waals surface area contributed by atoms with Crippen LogP contribution in [0.25, 0.3) is 0 Å². The lowest BCUT2D eigenvalue weighted by Crippen LogP contribution is -2.49. The number of aromatic hydroxyl groups is 1. The molecule has 24 heavy (non-hydrogen) atoms. The molecule has 0 aromatic heterocycles. The van der Waals surface area contributed by atoms with Crippen molar-refractivity contribution in [3.63, 3.8) is 0 Å². The maximum atomic E-state index is 10.1. The van der Waals surface area contributed by atoms with E-state index in [1.165, 1.54) is 25.7 Å². The maximum Gasteiger partial charge on any atom is 0.198 e. The van der Waals surface area contributed by atoms with E-state index in [0.29, 0.717) is 12.0 Å². The van der Waals surface area contributed by atoms with E-state index < -0.39 is 0 Å². The Kier molecular flexibility index (Phi) is 5.61. The third kappa shape index (κ3) is 4.20. The van der Waals surface area contributed by atoms with Gasteiger partial charge in [0.2, 0.25) is 0 Å². The Labute approximate surface area is 145 Å². The minimum absolute atomic E-state index is 0.274. The average Bonchev–Trinajstić information content (AvgIpc) is 2.59. The molecule has 5 heteroatoms. The zero-order valence-electron chi connectivity index (χ0n) is 14.9. The summed E-state index contributed by atoms with van der Waals surface area (Å²) in [6, 6.07) is 7.79. The van der Waals surface area contributed by atoms with Crippen molar-refractivity contribution in [3.8, 4) is 5.75 Å². The van der Waals surface area contributed by atoms with Gasteiger partial charge in [0.05, 0.1) is 11.7 Å². The second-order valence-electron chi connectivity index (χ2n) is 7.21. The summed E-state index contributed by atoms with van der Waals surface area (Å²) in [5, 5.41) is 13.5. The first-order chi connectivity index (χ1) is 11.6. The number of benzene rings is 1. The fourth-order valence-corrected chi connectivity index (χ4v) is 3.56. The number of guanidine groups is 1. The molecule has 1 aromatic carbocycles. The van der Waals surface area contributed by atoms with Crippen molar-refractivity contribution < 1.29 is 5.11 Å². The first-order valence-electron chi connectivity index (χ1n) is 9.20. The van der Waals surface area contributed by atoms with E-state index in [2.05, 4.69) is 29.1 Å². The van der Waals surface area contributed by atoms with Gasteiger partial charge in [0.1, 0.15) is 5.75 Å². The van der Waals surface area contributed by atoms with Crippen molar-refractivity contribution in [3.05, 3.63) is 24.3 Å². The van der Waals surface area contributed by atoms with Gasteiger partial charge in [0, 0.05) is 26.2 Å². The molecule has 5 nitrogen and oxygen atoms in total. The van der Waals surface area contributed by atoms with E-state index in [9.17, 15) is 5.11 Å². The highest BCUT2D eigenvalue weighted by Gasteiger charge is 2.24. The van der Waals surface area contributed by atoms with Crippen LogP contribution in [0.1, 0.15) is 32.6 Å². The lowest BCUT2D eigenvalue weighted by Gasteiger charge is -2.36. The summed E-state index contributed by atoms with van der Waals surface area (Å²) in [5.74, 6) is 1.83. The molecular formula is C19H30N4O. The minimum Gasteiger partial charge on any atom is -0.506 e. The van der Waals surface area contributed by atoms with Gasteiger partial charge in [-0.2, -0.15) is 0 Å². The van der Waals surface area contributed by atoms with Gasteiger partial charge in [-0.05, 0) is 37.9 Å². The van der Waals surface area contributed by atoms with Crippen LogP contribution in [-0.4, -0.2) is 60.1 Å². The number of phenols is 1. The fraction of sp³-hybridized carbons (Fsp3) is 0.632. The highest BCUT2D eigenvalue weighted by atomic mass is 16.3. The van der Waals surface area contributed by atoms with Gasteiger partial charge in [0.25, 0.3) is 0 Å². The van der Waals surface area contributed by atoms with Crippen LogP contribution in [0.15, 0.2) is 29.3 Å². The summed E-state index contributed by atoms with van der Waals surface area (Å²) in [4.78, 5) is 9.78. The van der Waals surface area contributed by atoms with Gasteiger partial charge in [-0.3, -0.25) is 0 Å². The summed E-state index contributed by atoms with van der Waals surface area (Å²) >= 11 is 0. The Balaban J connectivity index is 1.81. The molecule has 0 amide bonds. The maximum absolute atomic E-state index is 10.1. The smallest absolute Gasteiger partial charge is 0.198 e. The second-order valence-corrected chi connectivity index (χ2v) is 7.21. The van der Waals surface area contributed by atoms with Crippen LogP contribution < -0.4 is 5.32 Å². The van der Waals surface area contributed by atoms with Crippen LogP contribution >= 0.6 is 0 Å². The molecule has 1 saturated heterocycles. The van der Waals surface area contributed by atoms with Crippen molar-refractivity contribution in [2.45, 2.75) is 38.6 Å². The zero-order valence-corrected chi connectivity index (χ0v) is 14.9. The highest BCUT2D eigenvalue weighted by molar-refractivity contribution is 5.95. The number of aliphatic imine (C=N–C) groups is 1. The van der Waals surface area contributed by atoms with E-state index in [4.69, 9.17) is 4.99 Å². The van der Waals surface area contributed by atoms with E-state index >= 15 is 0 Å². The molecule has 1 heterocycles. The van der Waals surface area contributed by atoms with Crippen LogP contribution in [-0.2, 0) is 0 Å². The lowest BCUT2D eigenvalue weighted by atomic mass is 9.86. The molecule has 1 aliphatic carbocycles. The van der Waals surface area contributed by atoms with Crippen LogP contribution in [0, 0.1) is 5.92 Å². The Hall–Kier alpha value is -1.75. The molecule has 2 fully saturated rings. The summed E-state index contributed by atoms with van der Waals surface area (Å²) in [6.45, 7) is 6.34. The first kappa shape index (κ1) is 17.1. The van der Waals surface area contributed by atoms with Crippen molar-refractivity contribution in [1.82, 2.24) is 9.80 Å². The average molecular weight is 330 g/mol.